The minimum Gasteiger partial charge on any atom is -0.378 e. The number of nitrogens with zero attached hydrogens (tertiary/aromatic N) is 5. The van der Waals surface area contributed by atoms with E-state index in [9.17, 15) is 0 Å². The van der Waals surface area contributed by atoms with E-state index in [4.69, 9.17) is 4.74 Å². The summed E-state index contributed by atoms with van der Waals surface area (Å²) < 4.78 is 7.30. The van der Waals surface area contributed by atoms with Crippen LogP contribution in [0.15, 0.2) is 42.7 Å². The van der Waals surface area contributed by atoms with Crippen LogP contribution in [0.2, 0.25) is 0 Å². The first kappa shape index (κ1) is 16.9. The Morgan fingerprint density at radius 3 is 2.71 bits per heavy atom. The molecule has 0 amide bonds. The molecular formula is C21H22N6O. The number of aromatic nitrogens is 5. The van der Waals surface area contributed by atoms with E-state index in [0.717, 1.165) is 71.1 Å². The number of H-pyrrole nitrogens is 1. The standard InChI is InChI=1S/C21H22N6O/c1-14-18(13-26(2)25-14)15-3-4-19-17(11-15)21(24-23-19)16-5-6-22-20(12-16)27-7-9-28-10-8-27/h3-6,11-13H,7-10H2,1-2H3,(H,23,24). The molecular weight excluding hydrogens is 352 g/mol. The van der Waals surface area contributed by atoms with Crippen LogP contribution in [0.3, 0.4) is 0 Å². The molecule has 1 aliphatic rings. The van der Waals surface area contributed by atoms with Gasteiger partial charge in [0.25, 0.3) is 0 Å². The van der Waals surface area contributed by atoms with Gasteiger partial charge in [-0.05, 0) is 36.8 Å². The number of aromatic amines is 1. The van der Waals surface area contributed by atoms with Crippen molar-refractivity contribution in [3.8, 4) is 22.4 Å². The molecule has 0 saturated carbocycles. The second kappa shape index (κ2) is 6.76. The largest absolute Gasteiger partial charge is 0.378 e. The van der Waals surface area contributed by atoms with Gasteiger partial charge in [0, 0.05) is 49.0 Å². The van der Waals surface area contributed by atoms with Gasteiger partial charge in [0.2, 0.25) is 0 Å². The molecule has 0 atom stereocenters. The van der Waals surface area contributed by atoms with Crippen molar-refractivity contribution < 1.29 is 4.74 Å². The third-order valence-corrected chi connectivity index (χ3v) is 5.24. The van der Waals surface area contributed by atoms with Gasteiger partial charge in [-0.2, -0.15) is 10.2 Å². The Labute approximate surface area is 163 Å². The van der Waals surface area contributed by atoms with E-state index in [1.54, 1.807) is 0 Å². The molecule has 7 nitrogen and oxygen atoms in total. The van der Waals surface area contributed by atoms with Crippen molar-refractivity contribution in [2.75, 3.05) is 31.2 Å². The minimum absolute atomic E-state index is 0.741. The number of nitrogens with one attached hydrogen (secondary N) is 1. The lowest BCUT2D eigenvalue weighted by atomic mass is 10.0. The predicted molar refractivity (Wildman–Crippen MR) is 109 cm³/mol. The summed E-state index contributed by atoms with van der Waals surface area (Å²) in [5.41, 5.74) is 6.32. The van der Waals surface area contributed by atoms with Gasteiger partial charge in [0.1, 0.15) is 11.5 Å². The molecule has 4 heterocycles. The maximum absolute atomic E-state index is 5.45. The topological polar surface area (TPSA) is 71.9 Å². The first-order valence-electron chi connectivity index (χ1n) is 9.47. The first-order chi connectivity index (χ1) is 13.7. The summed E-state index contributed by atoms with van der Waals surface area (Å²) in [5.74, 6) is 0.969. The molecule has 5 rings (SSSR count). The lowest BCUT2D eigenvalue weighted by Crippen LogP contribution is -2.36. The monoisotopic (exact) mass is 374 g/mol. The second-order valence-corrected chi connectivity index (χ2v) is 7.14. The lowest BCUT2D eigenvalue weighted by Gasteiger charge is -2.27. The minimum atomic E-state index is 0.741. The molecule has 4 aromatic rings. The first-order valence-corrected chi connectivity index (χ1v) is 9.47. The number of anilines is 1. The van der Waals surface area contributed by atoms with Crippen molar-refractivity contribution >= 4 is 16.7 Å². The molecule has 1 fully saturated rings. The quantitative estimate of drug-likeness (QED) is 0.596. The van der Waals surface area contributed by atoms with Gasteiger partial charge in [0.05, 0.1) is 24.4 Å². The van der Waals surface area contributed by atoms with Gasteiger partial charge in [-0.1, -0.05) is 6.07 Å². The van der Waals surface area contributed by atoms with E-state index in [2.05, 4.69) is 55.6 Å². The predicted octanol–water partition coefficient (Wildman–Crippen LogP) is 3.17. The zero-order chi connectivity index (χ0) is 19.1. The Bertz CT molecular complexity index is 1140. The summed E-state index contributed by atoms with van der Waals surface area (Å²) in [6.45, 7) is 5.24. The molecule has 28 heavy (non-hydrogen) atoms. The van der Waals surface area contributed by atoms with Crippen molar-refractivity contribution in [3.05, 3.63) is 48.4 Å². The number of ether oxygens (including phenoxy) is 1. The van der Waals surface area contributed by atoms with E-state index < -0.39 is 0 Å². The van der Waals surface area contributed by atoms with Gasteiger partial charge in [0.15, 0.2) is 0 Å². The number of morpholine rings is 1. The summed E-state index contributed by atoms with van der Waals surface area (Å²) >= 11 is 0. The van der Waals surface area contributed by atoms with Gasteiger partial charge >= 0.3 is 0 Å². The molecule has 3 aromatic heterocycles. The number of benzene rings is 1. The third-order valence-electron chi connectivity index (χ3n) is 5.24. The van der Waals surface area contributed by atoms with E-state index in [1.165, 1.54) is 0 Å². The number of hydrogen-bond donors (Lipinski definition) is 1. The van der Waals surface area contributed by atoms with E-state index in [1.807, 2.05) is 30.9 Å². The maximum atomic E-state index is 5.45. The summed E-state index contributed by atoms with van der Waals surface area (Å²) in [5, 5.41) is 13.3. The van der Waals surface area contributed by atoms with Crippen LogP contribution in [-0.2, 0) is 11.8 Å². The molecule has 1 N–H and O–H groups in total. The zero-order valence-electron chi connectivity index (χ0n) is 16.0. The highest BCUT2D eigenvalue weighted by atomic mass is 16.5. The Kier molecular flexibility index (Phi) is 4.09. The number of fused-ring (bicyclic) bond motifs is 1. The SMILES string of the molecule is Cc1nn(C)cc1-c1ccc2[nH]nc(-c3ccnc(N4CCOCC4)c3)c2c1. The van der Waals surface area contributed by atoms with Gasteiger partial charge in [-0.3, -0.25) is 9.78 Å². The van der Waals surface area contributed by atoms with Gasteiger partial charge < -0.3 is 9.64 Å². The number of pyridine rings is 1. The summed E-state index contributed by atoms with van der Waals surface area (Å²) in [7, 11) is 1.95. The number of hydrogen-bond acceptors (Lipinski definition) is 5. The highest BCUT2D eigenvalue weighted by Crippen LogP contribution is 2.32. The smallest absolute Gasteiger partial charge is 0.129 e. The molecule has 1 aromatic carbocycles. The lowest BCUT2D eigenvalue weighted by molar-refractivity contribution is 0.122. The average molecular weight is 374 g/mol. The molecule has 1 aliphatic heterocycles. The van der Waals surface area contributed by atoms with Crippen molar-refractivity contribution in [1.82, 2.24) is 25.0 Å². The molecule has 0 spiro atoms. The van der Waals surface area contributed by atoms with Crippen molar-refractivity contribution in [3.63, 3.8) is 0 Å². The van der Waals surface area contributed by atoms with Crippen LogP contribution in [0.5, 0.6) is 0 Å². The molecule has 142 valence electrons. The fourth-order valence-corrected chi connectivity index (χ4v) is 3.82. The van der Waals surface area contributed by atoms with Crippen molar-refractivity contribution in [2.24, 2.45) is 7.05 Å². The van der Waals surface area contributed by atoms with E-state index in [0.29, 0.717) is 0 Å². The Morgan fingerprint density at radius 2 is 1.93 bits per heavy atom. The maximum Gasteiger partial charge on any atom is 0.129 e. The number of aryl methyl sites for hydroxylation is 2. The summed E-state index contributed by atoms with van der Waals surface area (Å²) in [4.78, 5) is 6.81. The molecule has 1 saturated heterocycles. The summed E-state index contributed by atoms with van der Waals surface area (Å²) in [6, 6.07) is 10.5. The van der Waals surface area contributed by atoms with Crippen LogP contribution in [0.25, 0.3) is 33.3 Å². The average Bonchev–Trinajstić information content (AvgIpc) is 3.30. The summed E-state index contributed by atoms with van der Waals surface area (Å²) in [6.07, 6.45) is 3.91. The van der Waals surface area contributed by atoms with Crippen LogP contribution in [-0.4, -0.2) is 51.3 Å². The molecule has 0 aliphatic carbocycles. The van der Waals surface area contributed by atoms with Crippen LogP contribution in [0, 0.1) is 6.92 Å². The van der Waals surface area contributed by atoms with Gasteiger partial charge in [-0.15, -0.1) is 0 Å². The van der Waals surface area contributed by atoms with Crippen molar-refractivity contribution in [1.29, 1.82) is 0 Å². The second-order valence-electron chi connectivity index (χ2n) is 7.14. The fourth-order valence-electron chi connectivity index (χ4n) is 3.82. The van der Waals surface area contributed by atoms with Crippen LogP contribution in [0.1, 0.15) is 5.69 Å². The normalized spacial score (nSPS) is 14.7. The third kappa shape index (κ3) is 2.93. The fraction of sp³-hybridized carbons (Fsp3) is 0.286. The molecule has 0 bridgehead atoms. The molecule has 7 heteroatoms. The van der Waals surface area contributed by atoms with Crippen LogP contribution < -0.4 is 4.90 Å². The van der Waals surface area contributed by atoms with E-state index >= 15 is 0 Å². The zero-order valence-corrected chi connectivity index (χ0v) is 16.0. The Morgan fingerprint density at radius 1 is 1.07 bits per heavy atom. The Hall–Kier alpha value is -3.19. The van der Waals surface area contributed by atoms with Crippen LogP contribution in [0.4, 0.5) is 5.82 Å². The highest BCUT2D eigenvalue weighted by molar-refractivity contribution is 5.96. The Balaban J connectivity index is 1.58. The van der Waals surface area contributed by atoms with Crippen molar-refractivity contribution in [2.45, 2.75) is 6.92 Å². The van der Waals surface area contributed by atoms with E-state index in [-0.39, 0.29) is 0 Å². The van der Waals surface area contributed by atoms with Crippen LogP contribution >= 0.6 is 0 Å². The highest BCUT2D eigenvalue weighted by Gasteiger charge is 2.16. The number of rotatable bonds is 3. The molecule has 0 unspecified atom stereocenters. The molecule has 0 radical (unpaired) electrons. The van der Waals surface area contributed by atoms with Gasteiger partial charge in [-0.25, -0.2) is 4.98 Å².